The van der Waals surface area contributed by atoms with E-state index in [1.54, 1.807) is 0 Å². The number of sulfonamides is 1. The second kappa shape index (κ2) is 14.8. The molecule has 0 spiro atoms. The Morgan fingerprint density at radius 3 is 1.86 bits per heavy atom. The van der Waals surface area contributed by atoms with Gasteiger partial charge in [-0.25, -0.2) is 13.1 Å². The van der Waals surface area contributed by atoms with Crippen molar-refractivity contribution in [2.45, 2.75) is 117 Å². The quantitative estimate of drug-likeness (QED) is 0.189. The summed E-state index contributed by atoms with van der Waals surface area (Å²) in [5.74, 6) is 0.484. The second-order valence-electron chi connectivity index (χ2n) is 12.6. The summed E-state index contributed by atoms with van der Waals surface area (Å²) in [6, 6.07) is 0. The molecule has 0 heterocycles. The van der Waals surface area contributed by atoms with E-state index in [4.69, 9.17) is 0 Å². The first-order chi connectivity index (χ1) is 16.0. The molecule has 0 aromatic heterocycles. The SMILES string of the molecule is CCCCCCCCCCCCCC[N+](C)(C)CCNS(=O)(=O)C[C@]12CC[C@H](CC1=O)C2(C)C.[Br-]. The van der Waals surface area contributed by atoms with Crippen molar-refractivity contribution in [1.82, 2.24) is 4.72 Å². The van der Waals surface area contributed by atoms with Crippen LogP contribution in [-0.2, 0) is 14.8 Å². The first kappa shape index (κ1) is 33.0. The van der Waals surface area contributed by atoms with Gasteiger partial charge in [-0.15, -0.1) is 0 Å². The van der Waals surface area contributed by atoms with Gasteiger partial charge in [0.15, 0.2) is 0 Å². The topological polar surface area (TPSA) is 63.2 Å². The lowest BCUT2D eigenvalue weighted by Crippen LogP contribution is -3.00. The normalized spacial score (nSPS) is 23.6. The van der Waals surface area contributed by atoms with Crippen molar-refractivity contribution in [3.8, 4) is 0 Å². The monoisotopic (exact) mass is 578 g/mol. The van der Waals surface area contributed by atoms with Crippen LogP contribution in [0.15, 0.2) is 0 Å². The summed E-state index contributed by atoms with van der Waals surface area (Å²) in [5, 5.41) is 0. The van der Waals surface area contributed by atoms with Gasteiger partial charge in [-0.2, -0.15) is 0 Å². The molecule has 2 aliphatic rings. The number of rotatable bonds is 19. The van der Waals surface area contributed by atoms with E-state index < -0.39 is 15.4 Å². The highest BCUT2D eigenvalue weighted by Crippen LogP contribution is 2.64. The summed E-state index contributed by atoms with van der Waals surface area (Å²) in [6.07, 6.45) is 18.5. The van der Waals surface area contributed by atoms with E-state index in [9.17, 15) is 13.2 Å². The third kappa shape index (κ3) is 9.68. The minimum absolute atomic E-state index is 0. The Morgan fingerprint density at radius 1 is 0.886 bits per heavy atom. The van der Waals surface area contributed by atoms with Crippen molar-refractivity contribution in [2.24, 2.45) is 16.7 Å². The number of carbonyl (C=O) groups excluding carboxylic acids is 1. The fourth-order valence-electron chi connectivity index (χ4n) is 6.48. The van der Waals surface area contributed by atoms with Crippen LogP contribution >= 0.6 is 0 Å². The molecule has 2 saturated carbocycles. The van der Waals surface area contributed by atoms with Crippen LogP contribution in [0.3, 0.4) is 0 Å². The number of carbonyl (C=O) groups is 1. The molecular weight excluding hydrogens is 524 g/mol. The molecule has 0 radical (unpaired) electrons. The van der Waals surface area contributed by atoms with E-state index in [1.165, 1.54) is 77.0 Å². The van der Waals surface area contributed by atoms with Crippen molar-refractivity contribution in [3.05, 3.63) is 0 Å². The summed E-state index contributed by atoms with van der Waals surface area (Å²) in [4.78, 5) is 12.7. The van der Waals surface area contributed by atoms with E-state index in [1.807, 2.05) is 0 Å². The highest BCUT2D eigenvalue weighted by Gasteiger charge is 2.65. The Bertz CT molecular complexity index is 738. The minimum atomic E-state index is -3.46. The first-order valence-electron chi connectivity index (χ1n) is 14.3. The molecule has 2 aliphatic carbocycles. The van der Waals surface area contributed by atoms with E-state index in [-0.39, 0.29) is 33.9 Å². The lowest BCUT2D eigenvalue weighted by atomic mass is 9.70. The number of hydrogen-bond acceptors (Lipinski definition) is 3. The van der Waals surface area contributed by atoms with E-state index in [2.05, 4.69) is 39.6 Å². The smallest absolute Gasteiger partial charge is 0.212 e. The summed E-state index contributed by atoms with van der Waals surface area (Å²) >= 11 is 0. The van der Waals surface area contributed by atoms with E-state index >= 15 is 0 Å². The molecular formula is C28H55BrN2O3S. The van der Waals surface area contributed by atoms with Crippen molar-refractivity contribution in [2.75, 3.05) is 39.5 Å². The molecule has 2 bridgehead atoms. The van der Waals surface area contributed by atoms with Gasteiger partial charge in [-0.05, 0) is 37.0 Å². The van der Waals surface area contributed by atoms with Crippen LogP contribution in [0.1, 0.15) is 117 Å². The number of halogens is 1. The lowest BCUT2D eigenvalue weighted by Gasteiger charge is -2.36. The van der Waals surface area contributed by atoms with Gasteiger partial charge in [0.25, 0.3) is 0 Å². The molecule has 0 aromatic carbocycles. The first-order valence-corrected chi connectivity index (χ1v) is 15.9. The van der Waals surface area contributed by atoms with Gasteiger partial charge in [-0.1, -0.05) is 85.0 Å². The van der Waals surface area contributed by atoms with Crippen molar-refractivity contribution < 1.29 is 34.7 Å². The van der Waals surface area contributed by atoms with Crippen LogP contribution in [0.2, 0.25) is 0 Å². The number of hydrogen-bond donors (Lipinski definition) is 1. The number of nitrogens with zero attached hydrogens (tertiary/aromatic N) is 1. The second-order valence-corrected chi connectivity index (χ2v) is 14.4. The van der Waals surface area contributed by atoms with Gasteiger partial charge in [0.2, 0.25) is 10.0 Å². The molecule has 0 aliphatic heterocycles. The summed E-state index contributed by atoms with van der Waals surface area (Å²) in [7, 11) is 0.919. The Morgan fingerprint density at radius 2 is 1.40 bits per heavy atom. The van der Waals surface area contributed by atoms with Crippen LogP contribution in [0.25, 0.3) is 0 Å². The van der Waals surface area contributed by atoms with Crippen LogP contribution in [-0.4, -0.2) is 58.2 Å². The fourth-order valence-corrected chi connectivity index (χ4v) is 8.31. The predicted octanol–water partition coefficient (Wildman–Crippen LogP) is 3.08. The average Bonchev–Trinajstić information content (AvgIpc) is 3.08. The Hall–Kier alpha value is 0.0200. The highest BCUT2D eigenvalue weighted by molar-refractivity contribution is 7.89. The molecule has 0 amide bonds. The average molecular weight is 580 g/mol. The molecule has 5 nitrogen and oxygen atoms in total. The Labute approximate surface area is 228 Å². The molecule has 7 heteroatoms. The van der Waals surface area contributed by atoms with Crippen molar-refractivity contribution >= 4 is 15.8 Å². The minimum Gasteiger partial charge on any atom is -1.00 e. The molecule has 35 heavy (non-hydrogen) atoms. The Balaban J connectivity index is 0.00000612. The van der Waals surface area contributed by atoms with Crippen LogP contribution in [0, 0.1) is 16.7 Å². The zero-order valence-corrected chi connectivity index (χ0v) is 25.9. The molecule has 0 saturated heterocycles. The fraction of sp³-hybridized carbons (Fsp3) is 0.964. The number of likely N-dealkylation sites (N-methyl/N-ethyl adjacent to an activating group) is 1. The summed E-state index contributed by atoms with van der Waals surface area (Å²) in [6.45, 7) is 8.77. The largest absolute Gasteiger partial charge is 1.00 e. The maximum Gasteiger partial charge on any atom is 0.212 e. The number of nitrogens with one attached hydrogen (secondary N) is 1. The van der Waals surface area contributed by atoms with Crippen LogP contribution in [0.5, 0.6) is 0 Å². The van der Waals surface area contributed by atoms with Gasteiger partial charge < -0.3 is 21.5 Å². The molecule has 2 fully saturated rings. The number of ketones is 1. The Kier molecular flexibility index (Phi) is 14.0. The molecule has 208 valence electrons. The summed E-state index contributed by atoms with van der Waals surface area (Å²) in [5.41, 5.74) is -0.883. The molecule has 2 rings (SSSR count). The van der Waals surface area contributed by atoms with Crippen LogP contribution in [0.4, 0.5) is 0 Å². The van der Waals surface area contributed by atoms with Gasteiger partial charge in [-0.3, -0.25) is 4.79 Å². The number of unbranched alkanes of at least 4 members (excludes halogenated alkanes) is 11. The van der Waals surface area contributed by atoms with Gasteiger partial charge in [0.1, 0.15) is 5.78 Å². The molecule has 2 atom stereocenters. The number of fused-ring (bicyclic) bond motifs is 2. The standard InChI is InChI=1S/C28H55N2O3S.BrH/c1-6-7-8-9-10-11-12-13-14-15-16-17-21-30(4,5)22-20-29-34(32,33)24-28-19-18-25(23-26(28)31)27(28,2)3;/h25,29H,6-24H2,1-5H3;1H/q+1;/p-1/t25-,28-;/m1./s1. The zero-order chi connectivity index (χ0) is 25.3. The van der Waals surface area contributed by atoms with E-state index in [0.717, 1.165) is 30.4 Å². The van der Waals surface area contributed by atoms with Crippen molar-refractivity contribution in [3.63, 3.8) is 0 Å². The number of Topliss-reactive ketones (excluding diaryl/α,β-unsaturated/α-hetero) is 1. The lowest BCUT2D eigenvalue weighted by molar-refractivity contribution is -0.889. The molecule has 0 unspecified atom stereocenters. The predicted molar refractivity (Wildman–Crippen MR) is 143 cm³/mol. The van der Waals surface area contributed by atoms with Crippen molar-refractivity contribution in [1.29, 1.82) is 0 Å². The maximum absolute atomic E-state index is 12.9. The number of quaternary nitrogens is 1. The summed E-state index contributed by atoms with van der Waals surface area (Å²) < 4.78 is 29.4. The van der Waals surface area contributed by atoms with E-state index in [0.29, 0.717) is 18.9 Å². The zero-order valence-electron chi connectivity index (χ0n) is 23.5. The van der Waals surface area contributed by atoms with Crippen LogP contribution < -0.4 is 21.7 Å². The highest BCUT2D eigenvalue weighted by atomic mass is 79.9. The molecule has 1 N–H and O–H groups in total. The molecule has 0 aromatic rings. The maximum atomic E-state index is 12.9. The third-order valence-corrected chi connectivity index (χ3v) is 10.7. The third-order valence-electron chi connectivity index (χ3n) is 9.23. The van der Waals surface area contributed by atoms with Gasteiger partial charge in [0.05, 0.1) is 39.5 Å². The van der Waals surface area contributed by atoms with Gasteiger partial charge >= 0.3 is 0 Å². The van der Waals surface area contributed by atoms with Gasteiger partial charge in [0, 0.05) is 11.8 Å².